The standard InChI is InChI=1S/C17H19N5.C2H3N3/c1-16(2,9-18)14-5-13(8-22-12-20-11-21-22)6-15(7-14)17(3,4)10-19;1-2-4-5-3-1/h5-7,11-12H,8H2,1-4H3;1-2H,(H,3,4,5). The monoisotopic (exact) mass is 362 g/mol. The molecule has 27 heavy (non-hydrogen) atoms. The fourth-order valence-electron chi connectivity index (χ4n) is 2.30. The molecule has 0 aliphatic heterocycles. The van der Waals surface area contributed by atoms with Crippen LogP contribution in [0.2, 0.25) is 0 Å². The predicted molar refractivity (Wildman–Crippen MR) is 99.2 cm³/mol. The van der Waals surface area contributed by atoms with Crippen molar-refractivity contribution in [2.24, 2.45) is 0 Å². The molecule has 0 atom stereocenters. The van der Waals surface area contributed by atoms with Crippen molar-refractivity contribution >= 4 is 0 Å². The first-order chi connectivity index (χ1) is 12.8. The molecule has 0 fully saturated rings. The van der Waals surface area contributed by atoms with E-state index < -0.39 is 10.8 Å². The summed E-state index contributed by atoms with van der Waals surface area (Å²) in [5.41, 5.74) is 1.60. The maximum Gasteiger partial charge on any atom is 0.137 e. The largest absolute Gasteiger partial charge is 0.249 e. The molecule has 2 aromatic heterocycles. The number of hydrogen-bond donors (Lipinski definition) is 1. The van der Waals surface area contributed by atoms with Crippen LogP contribution in [0.3, 0.4) is 0 Å². The Kier molecular flexibility index (Phi) is 6.04. The molecule has 0 aliphatic carbocycles. The van der Waals surface area contributed by atoms with Gasteiger partial charge in [0.05, 0.1) is 41.9 Å². The van der Waals surface area contributed by atoms with Gasteiger partial charge in [-0.3, -0.25) is 0 Å². The number of benzene rings is 1. The van der Waals surface area contributed by atoms with Crippen molar-refractivity contribution in [1.82, 2.24) is 30.2 Å². The average molecular weight is 362 g/mol. The molecule has 138 valence electrons. The fraction of sp³-hybridized carbons (Fsp3) is 0.368. The van der Waals surface area contributed by atoms with Gasteiger partial charge in [0.2, 0.25) is 0 Å². The van der Waals surface area contributed by atoms with Gasteiger partial charge in [0.1, 0.15) is 12.7 Å². The first kappa shape index (κ1) is 19.8. The van der Waals surface area contributed by atoms with Crippen LogP contribution in [0.1, 0.15) is 44.4 Å². The number of nitriles is 2. The molecule has 0 radical (unpaired) electrons. The van der Waals surface area contributed by atoms with Gasteiger partial charge in [-0.15, -0.1) is 0 Å². The molecule has 0 aliphatic rings. The Morgan fingerprint density at radius 2 is 1.52 bits per heavy atom. The first-order valence-corrected chi connectivity index (χ1v) is 8.38. The summed E-state index contributed by atoms with van der Waals surface area (Å²) in [6.07, 6.45) is 6.31. The molecule has 1 aromatic carbocycles. The predicted octanol–water partition coefficient (Wildman–Crippen LogP) is 2.73. The molecule has 3 aromatic rings. The van der Waals surface area contributed by atoms with E-state index in [9.17, 15) is 10.5 Å². The second-order valence-electron chi connectivity index (χ2n) is 7.14. The van der Waals surface area contributed by atoms with Gasteiger partial charge in [-0.05, 0) is 44.4 Å². The maximum atomic E-state index is 9.40. The number of rotatable bonds is 4. The topological polar surface area (TPSA) is 120 Å². The molecule has 2 heterocycles. The fourth-order valence-corrected chi connectivity index (χ4v) is 2.30. The second kappa shape index (κ2) is 8.24. The summed E-state index contributed by atoms with van der Waals surface area (Å²) in [5, 5.41) is 32.3. The van der Waals surface area contributed by atoms with Crippen LogP contribution in [0.5, 0.6) is 0 Å². The lowest BCUT2D eigenvalue weighted by molar-refractivity contribution is 0.646. The van der Waals surface area contributed by atoms with Crippen LogP contribution >= 0.6 is 0 Å². The van der Waals surface area contributed by atoms with Crippen molar-refractivity contribution < 1.29 is 0 Å². The van der Waals surface area contributed by atoms with E-state index in [4.69, 9.17) is 0 Å². The third-order valence-electron chi connectivity index (χ3n) is 4.14. The molecule has 0 amide bonds. The van der Waals surface area contributed by atoms with Crippen LogP contribution in [0, 0.1) is 22.7 Å². The van der Waals surface area contributed by atoms with Crippen molar-refractivity contribution in [1.29, 1.82) is 10.5 Å². The Bertz CT molecular complexity index is 864. The van der Waals surface area contributed by atoms with Crippen LogP contribution in [0.4, 0.5) is 0 Å². The normalized spacial score (nSPS) is 11.0. The summed E-state index contributed by atoms with van der Waals surface area (Å²) < 4.78 is 1.72. The van der Waals surface area contributed by atoms with Gasteiger partial charge < -0.3 is 0 Å². The Morgan fingerprint density at radius 3 is 1.89 bits per heavy atom. The van der Waals surface area contributed by atoms with E-state index in [-0.39, 0.29) is 0 Å². The van der Waals surface area contributed by atoms with E-state index >= 15 is 0 Å². The SMILES string of the molecule is CC(C)(C#N)c1cc(Cn2cncn2)cc(C(C)(C)C#N)c1.c1cn[nH]n1. The molecule has 0 unspecified atom stereocenters. The third kappa shape index (κ3) is 5.23. The molecule has 1 N–H and O–H groups in total. The molecule has 0 saturated carbocycles. The van der Waals surface area contributed by atoms with E-state index in [1.807, 2.05) is 45.9 Å². The van der Waals surface area contributed by atoms with E-state index in [1.165, 1.54) is 6.33 Å². The highest BCUT2D eigenvalue weighted by Crippen LogP contribution is 2.30. The quantitative estimate of drug-likeness (QED) is 0.762. The minimum Gasteiger partial charge on any atom is -0.249 e. The van der Waals surface area contributed by atoms with Gasteiger partial charge in [0.25, 0.3) is 0 Å². The summed E-state index contributed by atoms with van der Waals surface area (Å²) in [6.45, 7) is 8.08. The minimum absolute atomic E-state index is 0.559. The number of nitrogens with one attached hydrogen (secondary N) is 1. The lowest BCUT2D eigenvalue weighted by Crippen LogP contribution is -2.20. The Morgan fingerprint density at radius 1 is 0.963 bits per heavy atom. The zero-order valence-electron chi connectivity index (χ0n) is 15.9. The van der Waals surface area contributed by atoms with Gasteiger partial charge >= 0.3 is 0 Å². The minimum atomic E-state index is -0.612. The molecule has 0 saturated heterocycles. The number of H-pyrrole nitrogens is 1. The number of nitrogens with zero attached hydrogens (tertiary/aromatic N) is 7. The lowest BCUT2D eigenvalue weighted by Gasteiger charge is -2.23. The van der Waals surface area contributed by atoms with E-state index in [1.54, 1.807) is 23.4 Å². The zero-order chi connectivity index (χ0) is 19.9. The second-order valence-corrected chi connectivity index (χ2v) is 7.14. The van der Waals surface area contributed by atoms with Crippen molar-refractivity contribution in [3.8, 4) is 12.1 Å². The lowest BCUT2D eigenvalue weighted by atomic mass is 9.79. The Labute approximate surface area is 158 Å². The van der Waals surface area contributed by atoms with Crippen molar-refractivity contribution in [2.75, 3.05) is 0 Å². The zero-order valence-corrected chi connectivity index (χ0v) is 15.9. The van der Waals surface area contributed by atoms with Crippen molar-refractivity contribution in [3.63, 3.8) is 0 Å². The van der Waals surface area contributed by atoms with Crippen LogP contribution in [0.25, 0.3) is 0 Å². The van der Waals surface area contributed by atoms with Crippen molar-refractivity contribution in [3.05, 3.63) is 59.9 Å². The van der Waals surface area contributed by atoms with Crippen LogP contribution in [-0.2, 0) is 17.4 Å². The van der Waals surface area contributed by atoms with E-state index in [2.05, 4.69) is 37.6 Å². The average Bonchev–Trinajstić information content (AvgIpc) is 3.38. The summed E-state index contributed by atoms with van der Waals surface area (Å²) in [4.78, 5) is 3.94. The highest BCUT2D eigenvalue weighted by Gasteiger charge is 2.26. The molecule has 8 nitrogen and oxygen atoms in total. The molecule has 0 spiro atoms. The van der Waals surface area contributed by atoms with Gasteiger partial charge in [-0.25, -0.2) is 9.67 Å². The van der Waals surface area contributed by atoms with Crippen LogP contribution < -0.4 is 0 Å². The maximum absolute atomic E-state index is 9.40. The summed E-state index contributed by atoms with van der Waals surface area (Å²) in [6, 6.07) is 10.6. The summed E-state index contributed by atoms with van der Waals surface area (Å²) in [5.74, 6) is 0. The smallest absolute Gasteiger partial charge is 0.137 e. The highest BCUT2D eigenvalue weighted by molar-refractivity contribution is 5.42. The van der Waals surface area contributed by atoms with Crippen LogP contribution in [0.15, 0.2) is 43.2 Å². The van der Waals surface area contributed by atoms with E-state index in [0.29, 0.717) is 6.54 Å². The third-order valence-corrected chi connectivity index (χ3v) is 4.14. The van der Waals surface area contributed by atoms with Gasteiger partial charge in [0.15, 0.2) is 0 Å². The molecular formula is C19H22N8. The molecule has 3 rings (SSSR count). The molecule has 8 heteroatoms. The summed E-state index contributed by atoms with van der Waals surface area (Å²) >= 11 is 0. The molecular weight excluding hydrogens is 340 g/mol. The van der Waals surface area contributed by atoms with E-state index in [0.717, 1.165) is 16.7 Å². The van der Waals surface area contributed by atoms with Gasteiger partial charge in [-0.1, -0.05) is 18.2 Å². The number of aromatic nitrogens is 6. The van der Waals surface area contributed by atoms with Gasteiger partial charge in [0, 0.05) is 0 Å². The molecule has 0 bridgehead atoms. The first-order valence-electron chi connectivity index (χ1n) is 8.38. The van der Waals surface area contributed by atoms with Gasteiger partial charge in [-0.2, -0.15) is 31.0 Å². The van der Waals surface area contributed by atoms with Crippen LogP contribution in [-0.4, -0.2) is 30.2 Å². The Hall–Kier alpha value is -3.52. The Balaban J connectivity index is 0.000000451. The number of hydrogen-bond acceptors (Lipinski definition) is 6. The van der Waals surface area contributed by atoms with Crippen molar-refractivity contribution in [2.45, 2.75) is 45.1 Å². The number of aromatic amines is 1. The highest BCUT2D eigenvalue weighted by atomic mass is 15.3. The summed E-state index contributed by atoms with van der Waals surface area (Å²) in [7, 11) is 0.